The maximum absolute atomic E-state index is 11.1. The number of ether oxygens (including phenoxy) is 1. The Morgan fingerprint density at radius 3 is 2.41 bits per heavy atom. The average Bonchev–Trinajstić information content (AvgIpc) is 2.45. The first kappa shape index (κ1) is 16.5. The van der Waals surface area contributed by atoms with Gasteiger partial charge in [-0.3, -0.25) is 0 Å². The fourth-order valence-electron chi connectivity index (χ4n) is 2.07. The van der Waals surface area contributed by atoms with E-state index in [1.165, 1.54) is 12.1 Å². The van der Waals surface area contributed by atoms with Gasteiger partial charge in [-0.25, -0.2) is 4.79 Å². The van der Waals surface area contributed by atoms with Crippen molar-refractivity contribution in [3.05, 3.63) is 57.6 Å². The predicted molar refractivity (Wildman–Crippen MR) is 85.3 cm³/mol. The summed E-state index contributed by atoms with van der Waals surface area (Å²) in [5, 5.41) is 18.9. The minimum Gasteiger partial charge on any atom is -0.508 e. The zero-order valence-corrected chi connectivity index (χ0v) is 13.1. The van der Waals surface area contributed by atoms with E-state index in [0.29, 0.717) is 30.8 Å². The van der Waals surface area contributed by atoms with Gasteiger partial charge in [0, 0.05) is 12.1 Å². The highest BCUT2D eigenvalue weighted by atomic mass is 35.5. The van der Waals surface area contributed by atoms with Gasteiger partial charge >= 0.3 is 5.97 Å². The molecular formula is C16H14Cl2O4. The topological polar surface area (TPSA) is 66.8 Å². The Morgan fingerprint density at radius 2 is 1.77 bits per heavy atom. The predicted octanol–water partition coefficient (Wildman–Crippen LogP) is 4.41. The average molecular weight is 341 g/mol. The molecule has 0 saturated carbocycles. The van der Waals surface area contributed by atoms with Crippen LogP contribution in [0.2, 0.25) is 10.0 Å². The second-order valence-electron chi connectivity index (χ2n) is 4.65. The van der Waals surface area contributed by atoms with Crippen LogP contribution in [-0.4, -0.2) is 22.8 Å². The Hall–Kier alpha value is -1.91. The van der Waals surface area contributed by atoms with Crippen molar-refractivity contribution in [2.75, 3.05) is 6.61 Å². The van der Waals surface area contributed by atoms with Crippen LogP contribution in [0, 0.1) is 0 Å². The number of hydrogen-bond acceptors (Lipinski definition) is 3. The number of carboxylic acid groups (broad SMARTS) is 1. The van der Waals surface area contributed by atoms with Gasteiger partial charge in [0.05, 0.1) is 22.2 Å². The van der Waals surface area contributed by atoms with Gasteiger partial charge in [0.15, 0.2) is 5.75 Å². The fourth-order valence-corrected chi connectivity index (χ4v) is 2.65. The summed E-state index contributed by atoms with van der Waals surface area (Å²) >= 11 is 11.9. The molecule has 0 fully saturated rings. The van der Waals surface area contributed by atoms with Crippen molar-refractivity contribution in [1.82, 2.24) is 0 Å². The third-order valence-electron chi connectivity index (χ3n) is 3.07. The number of phenols is 1. The molecule has 0 radical (unpaired) electrons. The van der Waals surface area contributed by atoms with Crippen LogP contribution in [0.1, 0.15) is 22.3 Å². The maximum atomic E-state index is 11.1. The lowest BCUT2D eigenvalue weighted by Gasteiger charge is -2.11. The molecule has 6 heteroatoms. The minimum absolute atomic E-state index is 0.0299. The van der Waals surface area contributed by atoms with Crippen molar-refractivity contribution in [3.63, 3.8) is 0 Å². The highest BCUT2D eigenvalue weighted by Gasteiger charge is 2.11. The van der Waals surface area contributed by atoms with Gasteiger partial charge in [-0.1, -0.05) is 41.4 Å². The lowest BCUT2D eigenvalue weighted by atomic mass is 10.0. The number of aryl methyl sites for hydroxylation is 1. The smallest absolute Gasteiger partial charge is 0.335 e. The second kappa shape index (κ2) is 7.38. The van der Waals surface area contributed by atoms with E-state index >= 15 is 0 Å². The Balaban J connectivity index is 1.95. The zero-order valence-electron chi connectivity index (χ0n) is 11.6. The number of carboxylic acids is 1. The molecule has 22 heavy (non-hydrogen) atoms. The molecule has 0 aliphatic carbocycles. The molecule has 0 amide bonds. The largest absolute Gasteiger partial charge is 0.508 e. The van der Waals surface area contributed by atoms with Gasteiger partial charge in [0.1, 0.15) is 5.75 Å². The molecule has 2 aromatic rings. The number of rotatable bonds is 6. The number of hydrogen-bond donors (Lipinski definition) is 2. The summed E-state index contributed by atoms with van der Waals surface area (Å²) in [6, 6.07) is 9.55. The molecule has 0 saturated heterocycles. The van der Waals surface area contributed by atoms with Crippen LogP contribution in [-0.2, 0) is 6.42 Å². The van der Waals surface area contributed by atoms with E-state index in [9.17, 15) is 9.90 Å². The highest BCUT2D eigenvalue weighted by molar-refractivity contribution is 6.37. The number of aromatic carboxylic acids is 1. The molecule has 2 aromatic carbocycles. The van der Waals surface area contributed by atoms with Crippen molar-refractivity contribution in [2.24, 2.45) is 0 Å². The van der Waals surface area contributed by atoms with Crippen molar-refractivity contribution < 1.29 is 19.7 Å². The lowest BCUT2D eigenvalue weighted by Crippen LogP contribution is -2.05. The summed E-state index contributed by atoms with van der Waals surface area (Å²) in [6.07, 6.45) is 1.17. The summed E-state index contributed by atoms with van der Waals surface area (Å²) in [6.45, 7) is 0.332. The first-order chi connectivity index (χ1) is 10.5. The number of benzene rings is 2. The second-order valence-corrected chi connectivity index (χ2v) is 5.47. The van der Waals surface area contributed by atoms with Gasteiger partial charge in [0.25, 0.3) is 0 Å². The number of aromatic hydroxyl groups is 1. The molecule has 0 aliphatic heterocycles. The van der Waals surface area contributed by atoms with Crippen molar-refractivity contribution in [2.45, 2.75) is 12.8 Å². The van der Waals surface area contributed by atoms with Crippen molar-refractivity contribution in [1.29, 1.82) is 0 Å². The van der Waals surface area contributed by atoms with E-state index in [1.807, 2.05) is 0 Å². The molecule has 0 bridgehead atoms. The van der Waals surface area contributed by atoms with E-state index in [1.54, 1.807) is 24.3 Å². The maximum Gasteiger partial charge on any atom is 0.335 e. The zero-order chi connectivity index (χ0) is 16.1. The van der Waals surface area contributed by atoms with Crippen LogP contribution in [0.3, 0.4) is 0 Å². The Morgan fingerprint density at radius 1 is 1.14 bits per heavy atom. The van der Waals surface area contributed by atoms with Crippen LogP contribution in [0.15, 0.2) is 36.4 Å². The van der Waals surface area contributed by atoms with Crippen molar-refractivity contribution in [3.8, 4) is 11.5 Å². The highest BCUT2D eigenvalue weighted by Crippen LogP contribution is 2.36. The number of carbonyl (C=O) groups is 1. The van der Waals surface area contributed by atoms with E-state index in [4.69, 9.17) is 33.0 Å². The van der Waals surface area contributed by atoms with E-state index in [2.05, 4.69) is 0 Å². The summed E-state index contributed by atoms with van der Waals surface area (Å²) in [7, 11) is 0. The molecule has 0 heterocycles. The summed E-state index contributed by atoms with van der Waals surface area (Å²) in [5.74, 6) is -0.661. The standard InChI is InChI=1S/C16H14Cl2O4/c17-13-8-11(19)9-14(18)15(13)22-7-3-5-10-4-1-2-6-12(10)16(20)21/h1-2,4,6,8-9,19H,3,5,7H2,(H,20,21). The third kappa shape index (κ3) is 4.06. The molecule has 0 atom stereocenters. The van der Waals surface area contributed by atoms with E-state index in [-0.39, 0.29) is 15.8 Å². The van der Waals surface area contributed by atoms with E-state index in [0.717, 1.165) is 5.56 Å². The van der Waals surface area contributed by atoms with E-state index < -0.39 is 5.97 Å². The van der Waals surface area contributed by atoms with Gasteiger partial charge < -0.3 is 14.9 Å². The molecule has 0 spiro atoms. The molecular weight excluding hydrogens is 327 g/mol. The minimum atomic E-state index is -0.943. The Bertz CT molecular complexity index is 663. The third-order valence-corrected chi connectivity index (χ3v) is 3.63. The quantitative estimate of drug-likeness (QED) is 0.764. The van der Waals surface area contributed by atoms with Gasteiger partial charge in [-0.15, -0.1) is 0 Å². The lowest BCUT2D eigenvalue weighted by molar-refractivity contribution is 0.0695. The summed E-state index contributed by atoms with van der Waals surface area (Å²) < 4.78 is 5.52. The SMILES string of the molecule is O=C(O)c1ccccc1CCCOc1c(Cl)cc(O)cc1Cl. The summed E-state index contributed by atoms with van der Waals surface area (Å²) in [5.41, 5.74) is 1.05. The molecule has 0 aromatic heterocycles. The van der Waals surface area contributed by atoms with Crippen LogP contribution < -0.4 is 4.74 Å². The molecule has 4 nitrogen and oxygen atoms in total. The normalized spacial score (nSPS) is 10.5. The van der Waals surface area contributed by atoms with Crippen LogP contribution >= 0.6 is 23.2 Å². The fraction of sp³-hybridized carbons (Fsp3) is 0.188. The Labute approximate surface area is 137 Å². The van der Waals surface area contributed by atoms with Gasteiger partial charge in [0.2, 0.25) is 0 Å². The number of phenolic OH excluding ortho intramolecular Hbond substituents is 1. The molecule has 0 aliphatic rings. The van der Waals surface area contributed by atoms with Gasteiger partial charge in [-0.05, 0) is 24.5 Å². The molecule has 2 N–H and O–H groups in total. The first-order valence-corrected chi connectivity index (χ1v) is 7.36. The van der Waals surface area contributed by atoms with Crippen LogP contribution in [0.25, 0.3) is 0 Å². The van der Waals surface area contributed by atoms with Gasteiger partial charge in [-0.2, -0.15) is 0 Å². The number of halogens is 2. The molecule has 2 rings (SSSR count). The van der Waals surface area contributed by atoms with Crippen molar-refractivity contribution >= 4 is 29.2 Å². The Kier molecular flexibility index (Phi) is 5.52. The first-order valence-electron chi connectivity index (χ1n) is 6.61. The van der Waals surface area contributed by atoms with Crippen LogP contribution in [0.5, 0.6) is 11.5 Å². The molecule has 116 valence electrons. The van der Waals surface area contributed by atoms with Crippen LogP contribution in [0.4, 0.5) is 0 Å². The summed E-state index contributed by atoms with van der Waals surface area (Å²) in [4.78, 5) is 11.1. The molecule has 0 unspecified atom stereocenters. The monoisotopic (exact) mass is 340 g/mol.